The van der Waals surface area contributed by atoms with Gasteiger partial charge in [0.25, 0.3) is 5.91 Å². The summed E-state index contributed by atoms with van der Waals surface area (Å²) in [4.78, 5) is 36.6. The van der Waals surface area contributed by atoms with Crippen LogP contribution in [0.25, 0.3) is 0 Å². The minimum Gasteiger partial charge on any atom is -0.351 e. The van der Waals surface area contributed by atoms with Crippen molar-refractivity contribution in [3.8, 4) is 0 Å². The number of nitrogens with zero attached hydrogens (tertiary/aromatic N) is 3. The molecular weight excluding hydrogens is 415 g/mol. The second-order valence-electron chi connectivity index (χ2n) is 7.83. The Bertz CT molecular complexity index is 1080. The first-order chi connectivity index (χ1) is 14.8. The molecule has 0 bridgehead atoms. The van der Waals surface area contributed by atoms with Gasteiger partial charge in [-0.1, -0.05) is 49.9 Å². The number of carbonyl (C=O) groups is 2. The van der Waals surface area contributed by atoms with Gasteiger partial charge in [-0.15, -0.1) is 0 Å². The Balaban J connectivity index is 1.52. The molecule has 0 unspecified atom stereocenters. The quantitative estimate of drug-likeness (QED) is 0.770. The van der Waals surface area contributed by atoms with Crippen LogP contribution in [0.15, 0.2) is 58.5 Å². The molecule has 4 rings (SSSR count). The van der Waals surface area contributed by atoms with E-state index in [2.05, 4.69) is 15.3 Å². The minimum absolute atomic E-state index is 0.0560. The molecule has 0 fully saturated rings. The summed E-state index contributed by atoms with van der Waals surface area (Å²) in [5.41, 5.74) is 2.35. The number of halogens is 1. The van der Waals surface area contributed by atoms with Gasteiger partial charge in [-0.3, -0.25) is 14.6 Å². The molecule has 0 spiro atoms. The second-order valence-corrected chi connectivity index (χ2v) is 9.14. The summed E-state index contributed by atoms with van der Waals surface area (Å²) < 4.78 is 13.1. The Morgan fingerprint density at radius 1 is 1.16 bits per heavy atom. The highest BCUT2D eigenvalue weighted by Gasteiger charge is 2.43. The van der Waals surface area contributed by atoms with E-state index >= 15 is 0 Å². The maximum Gasteiger partial charge on any atom is 0.259 e. The molecule has 6 nitrogen and oxygen atoms in total. The topological polar surface area (TPSA) is 74.1 Å². The third-order valence-corrected chi connectivity index (χ3v) is 6.21. The SMILES string of the molecule is CC(C)[C@H]1N=C2c3ccccc3N=C(S[C@@H](C)C(=O)NCc3ccc(F)cc3)N2C1=O. The number of hydrogen-bond donors (Lipinski definition) is 1. The first kappa shape index (κ1) is 21.2. The summed E-state index contributed by atoms with van der Waals surface area (Å²) in [6.07, 6.45) is 0. The van der Waals surface area contributed by atoms with Gasteiger partial charge in [-0.2, -0.15) is 0 Å². The monoisotopic (exact) mass is 438 g/mol. The number of benzene rings is 2. The van der Waals surface area contributed by atoms with Crippen molar-refractivity contribution in [3.63, 3.8) is 0 Å². The molecule has 0 aliphatic carbocycles. The zero-order valence-electron chi connectivity index (χ0n) is 17.5. The number of carbonyl (C=O) groups excluding carboxylic acids is 2. The summed E-state index contributed by atoms with van der Waals surface area (Å²) >= 11 is 1.23. The smallest absolute Gasteiger partial charge is 0.259 e. The van der Waals surface area contributed by atoms with E-state index in [0.717, 1.165) is 16.8 Å². The van der Waals surface area contributed by atoms with E-state index in [1.807, 2.05) is 38.1 Å². The van der Waals surface area contributed by atoms with Crippen LogP contribution in [0.3, 0.4) is 0 Å². The number of aliphatic imine (C=N–C) groups is 2. The van der Waals surface area contributed by atoms with Crippen molar-refractivity contribution in [2.24, 2.45) is 15.9 Å². The molecule has 1 N–H and O–H groups in total. The molecule has 0 saturated carbocycles. The second kappa shape index (κ2) is 8.63. The molecule has 2 aliphatic rings. The van der Waals surface area contributed by atoms with Crippen LogP contribution < -0.4 is 5.32 Å². The molecule has 2 aromatic rings. The lowest BCUT2D eigenvalue weighted by atomic mass is 10.1. The van der Waals surface area contributed by atoms with Gasteiger partial charge in [0.15, 0.2) is 5.17 Å². The van der Waals surface area contributed by atoms with Crippen LogP contribution in [0, 0.1) is 11.7 Å². The molecule has 2 aromatic carbocycles. The fourth-order valence-corrected chi connectivity index (χ4v) is 4.37. The van der Waals surface area contributed by atoms with Gasteiger partial charge >= 0.3 is 0 Å². The van der Waals surface area contributed by atoms with Gasteiger partial charge in [-0.25, -0.2) is 14.3 Å². The van der Waals surface area contributed by atoms with Gasteiger partial charge < -0.3 is 5.32 Å². The summed E-state index contributed by atoms with van der Waals surface area (Å²) in [7, 11) is 0. The van der Waals surface area contributed by atoms with Gasteiger partial charge in [-0.05, 0) is 42.7 Å². The van der Waals surface area contributed by atoms with Gasteiger partial charge in [0, 0.05) is 12.1 Å². The Labute approximate surface area is 184 Å². The van der Waals surface area contributed by atoms with Crippen molar-refractivity contribution < 1.29 is 14.0 Å². The van der Waals surface area contributed by atoms with E-state index in [4.69, 9.17) is 0 Å². The van der Waals surface area contributed by atoms with E-state index in [9.17, 15) is 14.0 Å². The van der Waals surface area contributed by atoms with Crippen molar-refractivity contribution in [2.75, 3.05) is 0 Å². The molecule has 0 saturated heterocycles. The van der Waals surface area contributed by atoms with Crippen molar-refractivity contribution in [3.05, 3.63) is 65.5 Å². The zero-order chi connectivity index (χ0) is 22.1. The van der Waals surface area contributed by atoms with E-state index < -0.39 is 11.3 Å². The number of para-hydroxylation sites is 1. The number of amides is 2. The van der Waals surface area contributed by atoms with Crippen molar-refractivity contribution in [2.45, 2.75) is 38.6 Å². The molecular formula is C23H23FN4O2S. The van der Waals surface area contributed by atoms with Crippen LogP contribution in [0.5, 0.6) is 0 Å². The summed E-state index contributed by atoms with van der Waals surface area (Å²) in [5, 5.41) is 2.82. The Kier molecular flexibility index (Phi) is 5.91. The lowest BCUT2D eigenvalue weighted by Crippen LogP contribution is -2.43. The van der Waals surface area contributed by atoms with Gasteiger partial charge in [0.1, 0.15) is 17.7 Å². The van der Waals surface area contributed by atoms with Crippen LogP contribution in [0.4, 0.5) is 10.1 Å². The first-order valence-electron chi connectivity index (χ1n) is 10.1. The number of fused-ring (bicyclic) bond motifs is 3. The third-order valence-electron chi connectivity index (χ3n) is 5.16. The maximum absolute atomic E-state index is 13.1. The van der Waals surface area contributed by atoms with E-state index in [1.165, 1.54) is 23.9 Å². The van der Waals surface area contributed by atoms with Crippen LogP contribution >= 0.6 is 11.8 Å². The highest BCUT2D eigenvalue weighted by molar-refractivity contribution is 8.15. The van der Waals surface area contributed by atoms with Crippen LogP contribution in [0.1, 0.15) is 31.9 Å². The Morgan fingerprint density at radius 3 is 2.58 bits per heavy atom. The molecule has 8 heteroatoms. The van der Waals surface area contributed by atoms with Gasteiger partial charge in [0.05, 0.1) is 10.9 Å². The van der Waals surface area contributed by atoms with Crippen molar-refractivity contribution >= 4 is 40.3 Å². The highest BCUT2D eigenvalue weighted by Crippen LogP contribution is 2.35. The number of amidine groups is 2. The highest BCUT2D eigenvalue weighted by atomic mass is 32.2. The number of hydrogen-bond acceptors (Lipinski definition) is 5. The minimum atomic E-state index is -0.489. The number of rotatable bonds is 5. The average Bonchev–Trinajstić information content (AvgIpc) is 3.11. The summed E-state index contributed by atoms with van der Waals surface area (Å²) in [6, 6.07) is 13.1. The Morgan fingerprint density at radius 2 is 1.87 bits per heavy atom. The third kappa shape index (κ3) is 4.25. The molecule has 2 amide bonds. The average molecular weight is 439 g/mol. The lowest BCUT2D eigenvalue weighted by Gasteiger charge is -2.27. The summed E-state index contributed by atoms with van der Waals surface area (Å²) in [6.45, 7) is 5.99. The standard InChI is InChI=1S/C23H23FN4O2S/c1-13(2)19-22(30)28-20(27-19)17-6-4-5-7-18(17)26-23(28)31-14(3)21(29)25-12-15-8-10-16(24)11-9-15/h4-11,13-14,19H,12H2,1-3H3,(H,25,29)/t14-,19+/m0/s1. The van der Waals surface area contributed by atoms with Crippen molar-refractivity contribution in [1.82, 2.24) is 10.2 Å². The molecule has 2 atom stereocenters. The lowest BCUT2D eigenvalue weighted by molar-refractivity contribution is -0.125. The first-order valence-corrected chi connectivity index (χ1v) is 11.0. The number of thioether (sulfide) groups is 1. The predicted molar refractivity (Wildman–Crippen MR) is 121 cm³/mol. The van der Waals surface area contributed by atoms with Crippen LogP contribution in [0.2, 0.25) is 0 Å². The fourth-order valence-electron chi connectivity index (χ4n) is 3.43. The molecule has 0 aromatic heterocycles. The molecule has 2 heterocycles. The molecule has 0 radical (unpaired) electrons. The fraction of sp³-hybridized carbons (Fsp3) is 0.304. The van der Waals surface area contributed by atoms with E-state index in [-0.39, 0.29) is 23.5 Å². The largest absolute Gasteiger partial charge is 0.351 e. The summed E-state index contributed by atoms with van der Waals surface area (Å²) in [5.74, 6) is 0.0179. The zero-order valence-corrected chi connectivity index (χ0v) is 18.3. The number of nitrogens with one attached hydrogen (secondary N) is 1. The molecule has 2 aliphatic heterocycles. The van der Waals surface area contributed by atoms with E-state index in [0.29, 0.717) is 17.5 Å². The molecule has 160 valence electrons. The van der Waals surface area contributed by atoms with Crippen LogP contribution in [-0.2, 0) is 16.1 Å². The van der Waals surface area contributed by atoms with Crippen LogP contribution in [-0.4, -0.2) is 39.0 Å². The normalized spacial score (nSPS) is 18.3. The van der Waals surface area contributed by atoms with Gasteiger partial charge in [0.2, 0.25) is 5.91 Å². The van der Waals surface area contributed by atoms with Crippen molar-refractivity contribution in [1.29, 1.82) is 0 Å². The maximum atomic E-state index is 13.1. The Hall–Kier alpha value is -3.00. The predicted octanol–water partition coefficient (Wildman–Crippen LogP) is 3.88. The van der Waals surface area contributed by atoms with E-state index in [1.54, 1.807) is 24.0 Å². The molecule has 31 heavy (non-hydrogen) atoms.